The Balaban J connectivity index is 1.44. The minimum absolute atomic E-state index is 0.00641. The Morgan fingerprint density at radius 3 is 3.08 bits per heavy atom. The molecule has 2 aliphatic rings. The van der Waals surface area contributed by atoms with E-state index in [-0.39, 0.29) is 5.69 Å². The average molecular weight is 328 g/mol. The first-order valence-electron chi connectivity index (χ1n) is 8.69. The lowest BCUT2D eigenvalue weighted by Gasteiger charge is -2.27. The second-order valence-corrected chi connectivity index (χ2v) is 6.91. The van der Waals surface area contributed by atoms with Gasteiger partial charge in [0.1, 0.15) is 11.6 Å². The predicted octanol–water partition coefficient (Wildman–Crippen LogP) is 1.35. The van der Waals surface area contributed by atoms with Crippen LogP contribution in [0.3, 0.4) is 0 Å². The molecule has 6 nitrogen and oxygen atoms in total. The Bertz CT molecular complexity index is 808. The monoisotopic (exact) mass is 328 g/mol. The van der Waals surface area contributed by atoms with Crippen LogP contribution in [0.1, 0.15) is 29.8 Å². The van der Waals surface area contributed by atoms with Crippen molar-refractivity contribution >= 4 is 0 Å². The highest BCUT2D eigenvalue weighted by atomic mass is 16.5. The van der Waals surface area contributed by atoms with Crippen LogP contribution in [0.4, 0.5) is 0 Å². The smallest absolute Gasteiger partial charge is 0.345 e. The average Bonchev–Trinajstić information content (AvgIpc) is 3.06. The molecule has 0 saturated heterocycles. The molecule has 128 valence electrons. The third-order valence-corrected chi connectivity index (χ3v) is 5.28. The summed E-state index contributed by atoms with van der Waals surface area (Å²) in [6.45, 7) is 2.49. The fraction of sp³-hybridized carbons (Fsp3) is 0.556. The van der Waals surface area contributed by atoms with E-state index in [0.717, 1.165) is 57.0 Å². The fourth-order valence-electron chi connectivity index (χ4n) is 3.88. The van der Waals surface area contributed by atoms with Gasteiger partial charge >= 0.3 is 5.69 Å². The maximum atomic E-state index is 12.1. The van der Waals surface area contributed by atoms with E-state index in [4.69, 9.17) is 4.74 Å². The van der Waals surface area contributed by atoms with Crippen molar-refractivity contribution in [1.82, 2.24) is 19.2 Å². The molecule has 6 heteroatoms. The van der Waals surface area contributed by atoms with E-state index in [2.05, 4.69) is 35.2 Å². The first-order valence-corrected chi connectivity index (χ1v) is 8.69. The highest BCUT2D eigenvalue weighted by molar-refractivity contribution is 5.39. The molecule has 0 N–H and O–H groups in total. The lowest BCUT2D eigenvalue weighted by atomic mass is 10.0. The molecule has 0 saturated carbocycles. The molecule has 0 bridgehead atoms. The fourth-order valence-corrected chi connectivity index (χ4v) is 3.88. The van der Waals surface area contributed by atoms with E-state index < -0.39 is 0 Å². The Morgan fingerprint density at radius 1 is 1.33 bits per heavy atom. The number of fused-ring (bicyclic) bond motifs is 2. The standard InChI is InChI=1S/C18H24N4O2/c1-20(12-13-3-5-16-14(11-13)8-10-24-16)15-4-6-17-19-21(2)18(23)22(17)9-7-15/h3,5,11,15H,4,6-10,12H2,1-2H3. The molecule has 24 heavy (non-hydrogen) atoms. The van der Waals surface area contributed by atoms with Crippen molar-refractivity contribution in [2.45, 2.75) is 44.8 Å². The molecule has 1 aromatic heterocycles. The van der Waals surface area contributed by atoms with Crippen LogP contribution in [0.15, 0.2) is 23.0 Å². The number of benzene rings is 1. The number of aryl methyl sites for hydroxylation is 2. The number of ether oxygens (including phenoxy) is 1. The Labute approximate surface area is 141 Å². The van der Waals surface area contributed by atoms with Crippen LogP contribution in [0.25, 0.3) is 0 Å². The predicted molar refractivity (Wildman–Crippen MR) is 91.3 cm³/mol. The zero-order chi connectivity index (χ0) is 16.7. The summed E-state index contributed by atoms with van der Waals surface area (Å²) in [5.74, 6) is 1.96. The first kappa shape index (κ1) is 15.4. The number of hydrogen-bond donors (Lipinski definition) is 0. The van der Waals surface area contributed by atoms with Crippen molar-refractivity contribution in [2.75, 3.05) is 13.7 Å². The van der Waals surface area contributed by atoms with Crippen molar-refractivity contribution in [1.29, 1.82) is 0 Å². The number of rotatable bonds is 3. The number of hydrogen-bond acceptors (Lipinski definition) is 4. The molecule has 1 atom stereocenters. The van der Waals surface area contributed by atoms with Gasteiger partial charge in [-0.05, 0) is 37.1 Å². The van der Waals surface area contributed by atoms with Crippen molar-refractivity contribution in [3.63, 3.8) is 0 Å². The summed E-state index contributed by atoms with van der Waals surface area (Å²) >= 11 is 0. The number of aromatic nitrogens is 3. The topological polar surface area (TPSA) is 52.3 Å². The lowest BCUT2D eigenvalue weighted by Crippen LogP contribution is -2.32. The minimum Gasteiger partial charge on any atom is -0.493 e. The normalized spacial score (nSPS) is 19.7. The maximum absolute atomic E-state index is 12.1. The van der Waals surface area contributed by atoms with Crippen LogP contribution in [0.2, 0.25) is 0 Å². The molecule has 2 aliphatic heterocycles. The van der Waals surface area contributed by atoms with Crippen LogP contribution in [-0.2, 0) is 33.0 Å². The van der Waals surface area contributed by atoms with Gasteiger partial charge in [-0.2, -0.15) is 5.10 Å². The largest absolute Gasteiger partial charge is 0.493 e. The zero-order valence-corrected chi connectivity index (χ0v) is 14.4. The van der Waals surface area contributed by atoms with E-state index in [1.54, 1.807) is 7.05 Å². The van der Waals surface area contributed by atoms with Gasteiger partial charge < -0.3 is 4.74 Å². The van der Waals surface area contributed by atoms with Crippen molar-refractivity contribution in [2.24, 2.45) is 7.05 Å². The molecule has 0 amide bonds. The molecular weight excluding hydrogens is 304 g/mol. The van der Waals surface area contributed by atoms with Gasteiger partial charge in [-0.15, -0.1) is 0 Å². The maximum Gasteiger partial charge on any atom is 0.345 e. The van der Waals surface area contributed by atoms with E-state index in [9.17, 15) is 4.79 Å². The molecule has 0 spiro atoms. The van der Waals surface area contributed by atoms with Gasteiger partial charge in [0, 0.05) is 39.0 Å². The minimum atomic E-state index is 0.00641. The summed E-state index contributed by atoms with van der Waals surface area (Å²) in [5, 5.41) is 4.36. The molecular formula is C18H24N4O2. The van der Waals surface area contributed by atoms with E-state index in [0.29, 0.717) is 6.04 Å². The molecule has 0 radical (unpaired) electrons. The van der Waals surface area contributed by atoms with Gasteiger partial charge in [0.15, 0.2) is 0 Å². The number of nitrogens with zero attached hydrogens (tertiary/aromatic N) is 4. The molecule has 4 rings (SSSR count). The van der Waals surface area contributed by atoms with Crippen LogP contribution in [-0.4, -0.2) is 38.9 Å². The summed E-state index contributed by atoms with van der Waals surface area (Å²) < 4.78 is 8.87. The van der Waals surface area contributed by atoms with Gasteiger partial charge in [0.2, 0.25) is 0 Å². The Hall–Kier alpha value is -2.08. The first-order chi connectivity index (χ1) is 11.6. The SMILES string of the molecule is CN(Cc1ccc2c(c1)CCO2)C1CCc2nn(C)c(=O)n2CC1. The molecule has 3 heterocycles. The highest BCUT2D eigenvalue weighted by Crippen LogP contribution is 2.27. The van der Waals surface area contributed by atoms with Crippen LogP contribution in [0.5, 0.6) is 5.75 Å². The van der Waals surface area contributed by atoms with Gasteiger partial charge in [0.25, 0.3) is 0 Å². The zero-order valence-electron chi connectivity index (χ0n) is 14.4. The van der Waals surface area contributed by atoms with Crippen molar-refractivity contribution < 1.29 is 4.74 Å². The Morgan fingerprint density at radius 2 is 2.21 bits per heavy atom. The van der Waals surface area contributed by atoms with Gasteiger partial charge in [0.05, 0.1) is 6.61 Å². The second kappa shape index (κ2) is 6.09. The third-order valence-electron chi connectivity index (χ3n) is 5.28. The van der Waals surface area contributed by atoms with Crippen molar-refractivity contribution in [3.8, 4) is 5.75 Å². The Kier molecular flexibility index (Phi) is 3.92. The highest BCUT2D eigenvalue weighted by Gasteiger charge is 2.23. The van der Waals surface area contributed by atoms with Gasteiger partial charge in [-0.25, -0.2) is 9.48 Å². The molecule has 0 aliphatic carbocycles. The van der Waals surface area contributed by atoms with E-state index >= 15 is 0 Å². The van der Waals surface area contributed by atoms with E-state index in [1.165, 1.54) is 15.8 Å². The second-order valence-electron chi connectivity index (χ2n) is 6.91. The summed E-state index contributed by atoms with van der Waals surface area (Å²) in [6, 6.07) is 7.01. The molecule has 1 unspecified atom stereocenters. The molecule has 2 aromatic rings. The summed E-state index contributed by atoms with van der Waals surface area (Å²) in [5.41, 5.74) is 2.66. The quantitative estimate of drug-likeness (QED) is 0.853. The summed E-state index contributed by atoms with van der Waals surface area (Å²) in [7, 11) is 3.91. The summed E-state index contributed by atoms with van der Waals surface area (Å²) in [4.78, 5) is 14.5. The summed E-state index contributed by atoms with van der Waals surface area (Å²) in [6.07, 6.45) is 3.91. The van der Waals surface area contributed by atoms with Crippen LogP contribution >= 0.6 is 0 Å². The van der Waals surface area contributed by atoms with Crippen LogP contribution in [0, 0.1) is 0 Å². The van der Waals surface area contributed by atoms with Gasteiger partial charge in [-0.3, -0.25) is 9.47 Å². The molecule has 1 aromatic carbocycles. The van der Waals surface area contributed by atoms with E-state index in [1.807, 2.05) is 4.57 Å². The molecule has 0 fully saturated rings. The van der Waals surface area contributed by atoms with Crippen molar-refractivity contribution in [3.05, 3.63) is 45.6 Å². The van der Waals surface area contributed by atoms with Crippen LogP contribution < -0.4 is 10.4 Å². The third kappa shape index (κ3) is 2.75. The lowest BCUT2D eigenvalue weighted by molar-refractivity contribution is 0.210. The van der Waals surface area contributed by atoms with Gasteiger partial charge in [-0.1, -0.05) is 12.1 Å².